The molecule has 9 heteroatoms. The van der Waals surface area contributed by atoms with Gasteiger partial charge in [0.2, 0.25) is 15.0 Å². The summed E-state index contributed by atoms with van der Waals surface area (Å²) >= 11 is 0. The van der Waals surface area contributed by atoms with Crippen molar-refractivity contribution < 1.29 is 17.9 Å². The summed E-state index contributed by atoms with van der Waals surface area (Å²) in [6.45, 7) is 9.13. The molecule has 2 rings (SSSR count). The highest BCUT2D eigenvalue weighted by molar-refractivity contribution is 7.90. The first kappa shape index (κ1) is 23.6. The normalized spacial score (nSPS) is 11.3. The molecular formula is C21H30N4O4S. The monoisotopic (exact) mass is 434 g/mol. The zero-order valence-corrected chi connectivity index (χ0v) is 18.6. The Morgan fingerprint density at radius 3 is 2.63 bits per heavy atom. The number of aromatic nitrogens is 2. The molecule has 1 aromatic carbocycles. The van der Waals surface area contributed by atoms with Gasteiger partial charge in [-0.05, 0) is 19.4 Å². The molecule has 0 bridgehead atoms. The number of methoxy groups -OCH3 is 1. The predicted octanol–water partition coefficient (Wildman–Crippen LogP) is 2.53. The first-order valence-corrected chi connectivity index (χ1v) is 11.4. The second kappa shape index (κ2) is 10.9. The van der Waals surface area contributed by atoms with E-state index in [0.29, 0.717) is 37.5 Å². The van der Waals surface area contributed by atoms with Crippen LogP contribution in [0.4, 0.5) is 4.79 Å². The second-order valence-electron chi connectivity index (χ2n) is 6.93. The summed E-state index contributed by atoms with van der Waals surface area (Å²) in [5.74, 6) is -0.149. The summed E-state index contributed by atoms with van der Waals surface area (Å²) in [7, 11) is -2.14. The molecule has 1 N–H and O–H groups in total. The van der Waals surface area contributed by atoms with E-state index in [9.17, 15) is 13.2 Å². The Hall–Kier alpha value is -2.65. The van der Waals surface area contributed by atoms with Crippen LogP contribution in [0.5, 0.6) is 0 Å². The number of hydrogen-bond acceptors (Lipinski definition) is 5. The molecule has 0 aliphatic rings. The molecule has 0 spiro atoms. The number of carbonyl (C=O) groups excluding carboxylic acids is 1. The average Bonchev–Trinajstić information content (AvgIpc) is 3.11. The van der Waals surface area contributed by atoms with Crippen molar-refractivity contribution in [1.82, 2.24) is 19.8 Å². The van der Waals surface area contributed by atoms with Crippen LogP contribution in [0, 0.1) is 6.92 Å². The number of imidazole rings is 1. The van der Waals surface area contributed by atoms with Gasteiger partial charge in [-0.3, -0.25) is 0 Å². The van der Waals surface area contributed by atoms with E-state index < -0.39 is 9.84 Å². The Morgan fingerprint density at radius 1 is 1.33 bits per heavy atom. The fourth-order valence-corrected chi connectivity index (χ4v) is 4.51. The summed E-state index contributed by atoms with van der Waals surface area (Å²) in [5.41, 5.74) is 2.37. The summed E-state index contributed by atoms with van der Waals surface area (Å²) in [6, 6.07) is 7.12. The number of urea groups is 1. The highest BCUT2D eigenvalue weighted by atomic mass is 32.2. The molecule has 0 unspecified atom stereocenters. The minimum Gasteiger partial charge on any atom is -0.383 e. The van der Waals surface area contributed by atoms with E-state index in [4.69, 9.17) is 4.74 Å². The summed E-state index contributed by atoms with van der Waals surface area (Å²) < 4.78 is 33.0. The van der Waals surface area contributed by atoms with Gasteiger partial charge in [0.1, 0.15) is 0 Å². The lowest BCUT2D eigenvalue weighted by molar-refractivity contribution is 0.180. The van der Waals surface area contributed by atoms with Crippen LogP contribution in [0.15, 0.2) is 48.3 Å². The van der Waals surface area contributed by atoms with Crippen molar-refractivity contribution in [3.05, 3.63) is 59.9 Å². The molecule has 2 aromatic rings. The number of nitrogens with one attached hydrogen (secondary N) is 1. The van der Waals surface area contributed by atoms with Crippen molar-refractivity contribution in [1.29, 1.82) is 0 Å². The third kappa shape index (κ3) is 6.17. The molecule has 0 saturated heterocycles. The molecule has 0 aliphatic heterocycles. The lowest BCUT2D eigenvalue weighted by Gasteiger charge is -2.22. The molecule has 0 saturated carbocycles. The first-order valence-electron chi connectivity index (χ1n) is 9.77. The number of carbonyl (C=O) groups is 1. The summed E-state index contributed by atoms with van der Waals surface area (Å²) in [4.78, 5) is 18.1. The Bertz CT molecular complexity index is 952. The maximum atomic E-state index is 13.1. The van der Waals surface area contributed by atoms with Gasteiger partial charge in [0.15, 0.2) is 0 Å². The van der Waals surface area contributed by atoms with Crippen LogP contribution in [-0.2, 0) is 33.4 Å². The Labute approximate surface area is 178 Å². The van der Waals surface area contributed by atoms with Crippen LogP contribution in [0.2, 0.25) is 0 Å². The van der Waals surface area contributed by atoms with Crippen molar-refractivity contribution >= 4 is 15.9 Å². The van der Waals surface area contributed by atoms with E-state index in [2.05, 4.69) is 16.9 Å². The molecular weight excluding hydrogens is 404 g/mol. The molecule has 164 valence electrons. The molecule has 0 fully saturated rings. The standard InChI is InChI=1S/C21H30N4O4S/c1-5-11-24(20(26)22-6-2)15-19-14-23-21(25(19)12-13-29-4)30(27,28)16-18-9-7-17(3)8-10-18/h5,7-10,14H,1,6,11-13,15-16H2,2-4H3,(H,22,26). The molecule has 0 radical (unpaired) electrons. The van der Waals surface area contributed by atoms with Gasteiger partial charge in [0.05, 0.1) is 30.8 Å². The molecule has 8 nitrogen and oxygen atoms in total. The fraction of sp³-hybridized carbons (Fsp3) is 0.429. The molecule has 1 heterocycles. The van der Waals surface area contributed by atoms with Crippen molar-refractivity contribution in [2.75, 3.05) is 26.8 Å². The minimum absolute atomic E-state index is 0.0235. The summed E-state index contributed by atoms with van der Waals surface area (Å²) in [6.07, 6.45) is 3.13. The molecule has 0 atom stereocenters. The van der Waals surface area contributed by atoms with Crippen molar-refractivity contribution in [2.24, 2.45) is 0 Å². The number of benzene rings is 1. The number of amides is 2. The molecule has 30 heavy (non-hydrogen) atoms. The van der Waals surface area contributed by atoms with Crippen molar-refractivity contribution in [3.63, 3.8) is 0 Å². The van der Waals surface area contributed by atoms with Crippen LogP contribution in [0.1, 0.15) is 23.7 Å². The third-order valence-corrected chi connectivity index (χ3v) is 6.09. The van der Waals surface area contributed by atoms with E-state index in [1.165, 1.54) is 6.20 Å². The number of sulfone groups is 1. The van der Waals surface area contributed by atoms with Gasteiger partial charge in [-0.25, -0.2) is 18.2 Å². The maximum Gasteiger partial charge on any atom is 0.318 e. The van der Waals surface area contributed by atoms with Crippen LogP contribution in [0.25, 0.3) is 0 Å². The van der Waals surface area contributed by atoms with E-state index >= 15 is 0 Å². The maximum absolute atomic E-state index is 13.1. The highest BCUT2D eigenvalue weighted by Crippen LogP contribution is 2.19. The van der Waals surface area contributed by atoms with Gasteiger partial charge in [0.25, 0.3) is 0 Å². The van der Waals surface area contributed by atoms with Gasteiger partial charge < -0.3 is 19.5 Å². The van der Waals surface area contributed by atoms with Gasteiger partial charge >= 0.3 is 6.03 Å². The topological polar surface area (TPSA) is 93.5 Å². The van der Waals surface area contributed by atoms with Crippen molar-refractivity contribution in [3.8, 4) is 0 Å². The predicted molar refractivity (Wildman–Crippen MR) is 116 cm³/mol. The van der Waals surface area contributed by atoms with Crippen LogP contribution in [-0.4, -0.2) is 55.7 Å². The fourth-order valence-electron chi connectivity index (χ4n) is 2.99. The lowest BCUT2D eigenvalue weighted by atomic mass is 10.2. The number of hydrogen-bond donors (Lipinski definition) is 1. The third-order valence-electron chi connectivity index (χ3n) is 4.49. The zero-order valence-electron chi connectivity index (χ0n) is 17.8. The van der Waals surface area contributed by atoms with E-state index in [-0.39, 0.29) is 23.5 Å². The van der Waals surface area contributed by atoms with Gasteiger partial charge in [0, 0.05) is 26.7 Å². The Morgan fingerprint density at radius 2 is 2.03 bits per heavy atom. The van der Waals surface area contributed by atoms with Gasteiger partial charge in [-0.1, -0.05) is 35.9 Å². The first-order chi connectivity index (χ1) is 14.3. The molecule has 1 aromatic heterocycles. The van der Waals surface area contributed by atoms with E-state index in [0.717, 1.165) is 5.56 Å². The molecule has 2 amide bonds. The zero-order chi connectivity index (χ0) is 22.1. The minimum atomic E-state index is -3.69. The Kier molecular flexibility index (Phi) is 8.61. The van der Waals surface area contributed by atoms with Crippen LogP contribution >= 0.6 is 0 Å². The van der Waals surface area contributed by atoms with E-state index in [1.807, 2.05) is 26.0 Å². The lowest BCUT2D eigenvalue weighted by Crippen LogP contribution is -2.40. The second-order valence-corrected chi connectivity index (χ2v) is 8.81. The van der Waals surface area contributed by atoms with E-state index in [1.54, 1.807) is 34.8 Å². The molecule has 0 aliphatic carbocycles. The van der Waals surface area contributed by atoms with Crippen LogP contribution < -0.4 is 5.32 Å². The largest absolute Gasteiger partial charge is 0.383 e. The SMILES string of the molecule is C=CCN(Cc1cnc(S(=O)(=O)Cc2ccc(C)cc2)n1CCOC)C(=O)NCC. The average molecular weight is 435 g/mol. The number of rotatable bonds is 11. The number of ether oxygens (including phenoxy) is 1. The summed E-state index contributed by atoms with van der Waals surface area (Å²) in [5, 5.41) is 2.73. The number of nitrogens with zero attached hydrogens (tertiary/aromatic N) is 3. The van der Waals surface area contributed by atoms with Crippen molar-refractivity contribution in [2.45, 2.75) is 37.8 Å². The number of aryl methyl sites for hydroxylation is 1. The highest BCUT2D eigenvalue weighted by Gasteiger charge is 2.25. The Balaban J connectivity index is 2.35. The quantitative estimate of drug-likeness (QED) is 0.549. The van der Waals surface area contributed by atoms with Gasteiger partial charge in [-0.2, -0.15) is 0 Å². The van der Waals surface area contributed by atoms with Crippen LogP contribution in [0.3, 0.4) is 0 Å². The van der Waals surface area contributed by atoms with Gasteiger partial charge in [-0.15, -0.1) is 6.58 Å². The smallest absolute Gasteiger partial charge is 0.318 e.